The van der Waals surface area contributed by atoms with Crippen LogP contribution in [0.3, 0.4) is 0 Å². The van der Waals surface area contributed by atoms with Gasteiger partial charge in [-0.15, -0.1) is 0 Å². The minimum Gasteiger partial charge on any atom is -0.436 e. The van der Waals surface area contributed by atoms with Gasteiger partial charge in [-0.3, -0.25) is 19.3 Å². The number of carbonyl (C=O) groups is 3. The zero-order valence-corrected chi connectivity index (χ0v) is 21.9. The molecule has 187 valence electrons. The molecule has 2 aliphatic heterocycles. The topological polar surface area (TPSA) is 79.0 Å². The molecule has 2 aliphatic rings. The van der Waals surface area contributed by atoms with Crippen LogP contribution in [0, 0.1) is 5.41 Å². The third-order valence-corrected chi connectivity index (χ3v) is 8.59. The van der Waals surface area contributed by atoms with Crippen LogP contribution in [0.4, 0.5) is 0 Å². The summed E-state index contributed by atoms with van der Waals surface area (Å²) in [5, 5.41) is 2.84. The minimum atomic E-state index is -0.610. The molecular weight excluding hydrogens is 417 g/mol. The Balaban J connectivity index is 2.17. The van der Waals surface area contributed by atoms with Gasteiger partial charge in [-0.1, -0.05) is 41.4 Å². The maximum atomic E-state index is 13.8. The minimum absolute atomic E-state index is 0.000262. The van der Waals surface area contributed by atoms with Crippen molar-refractivity contribution in [3.05, 3.63) is 0 Å². The highest BCUT2D eigenvalue weighted by Gasteiger charge is 2.47. The molecule has 1 radical (unpaired) electrons. The summed E-state index contributed by atoms with van der Waals surface area (Å²) < 4.78 is 5.70. The van der Waals surface area contributed by atoms with Crippen LogP contribution >= 0.6 is 0 Å². The van der Waals surface area contributed by atoms with Gasteiger partial charge in [-0.25, -0.2) is 0 Å². The van der Waals surface area contributed by atoms with Crippen molar-refractivity contribution < 1.29 is 19.0 Å². The number of Topliss-reactive ketones (excluding diaryl/α,β-unsaturated/α-hetero) is 1. The Morgan fingerprint density at radius 3 is 2.21 bits per heavy atom. The summed E-state index contributed by atoms with van der Waals surface area (Å²) in [5.74, 6) is -0.206. The zero-order chi connectivity index (χ0) is 24.8. The summed E-state index contributed by atoms with van der Waals surface area (Å²) in [7, 11) is 1.62. The van der Waals surface area contributed by atoms with E-state index in [0.29, 0.717) is 13.0 Å². The predicted molar refractivity (Wildman–Crippen MR) is 132 cm³/mol. The van der Waals surface area contributed by atoms with Crippen molar-refractivity contribution in [2.75, 3.05) is 19.6 Å². The first-order valence-electron chi connectivity index (χ1n) is 12.9. The highest BCUT2D eigenvalue weighted by atomic mass is 16.4. The number of amides is 2. The molecule has 2 fully saturated rings. The van der Waals surface area contributed by atoms with E-state index >= 15 is 0 Å². The van der Waals surface area contributed by atoms with E-state index in [4.69, 9.17) is 4.65 Å². The number of rotatable bonds is 12. The molecule has 2 amide bonds. The van der Waals surface area contributed by atoms with Gasteiger partial charge in [-0.2, -0.15) is 0 Å². The van der Waals surface area contributed by atoms with Crippen LogP contribution in [0.5, 0.6) is 0 Å². The van der Waals surface area contributed by atoms with Crippen molar-refractivity contribution >= 4 is 25.1 Å². The monoisotopic (exact) mass is 462 g/mol. The van der Waals surface area contributed by atoms with Gasteiger partial charge >= 0.3 is 0 Å². The van der Waals surface area contributed by atoms with Crippen molar-refractivity contribution in [3.8, 4) is 0 Å². The van der Waals surface area contributed by atoms with Gasteiger partial charge in [-0.05, 0) is 52.0 Å². The van der Waals surface area contributed by atoms with Crippen molar-refractivity contribution in [2.24, 2.45) is 5.41 Å². The average molecular weight is 462 g/mol. The van der Waals surface area contributed by atoms with Crippen LogP contribution in [-0.4, -0.2) is 78.2 Å². The van der Waals surface area contributed by atoms with Crippen molar-refractivity contribution in [1.82, 2.24) is 15.1 Å². The van der Waals surface area contributed by atoms with Gasteiger partial charge < -0.3 is 14.9 Å². The first-order chi connectivity index (χ1) is 15.6. The smallest absolute Gasteiger partial charge is 0.289 e. The SMILES string of the molecule is C[B]OC1C[C@@H](C(=O)NCC(=O)C(C)(CC)CC)N(C(=O)C2CCCN2C(C)(CC)CC)C1. The van der Waals surface area contributed by atoms with E-state index in [1.54, 1.807) is 19.2 Å². The normalized spacial score (nSPS) is 24.2. The Morgan fingerprint density at radius 2 is 1.67 bits per heavy atom. The molecule has 0 aromatic rings. The van der Waals surface area contributed by atoms with Crippen LogP contribution in [-0.2, 0) is 19.0 Å². The summed E-state index contributed by atoms with van der Waals surface area (Å²) in [6.07, 6.45) is 5.46. The third kappa shape index (κ3) is 6.00. The van der Waals surface area contributed by atoms with E-state index in [0.717, 1.165) is 45.1 Å². The Bertz CT molecular complexity index is 693. The Kier molecular flexibility index (Phi) is 9.98. The lowest BCUT2D eigenvalue weighted by atomic mass is 9.80. The second-order valence-corrected chi connectivity index (χ2v) is 10.2. The zero-order valence-electron chi connectivity index (χ0n) is 21.9. The number of likely N-dealkylation sites (tertiary alicyclic amines) is 2. The van der Waals surface area contributed by atoms with E-state index in [9.17, 15) is 14.4 Å². The molecule has 3 atom stereocenters. The van der Waals surface area contributed by atoms with Gasteiger partial charge in [0.25, 0.3) is 7.48 Å². The second kappa shape index (κ2) is 11.8. The highest BCUT2D eigenvalue weighted by Crippen LogP contribution is 2.34. The highest BCUT2D eigenvalue weighted by molar-refractivity contribution is 6.24. The molecule has 0 spiro atoms. The molecule has 33 heavy (non-hydrogen) atoms. The summed E-state index contributed by atoms with van der Waals surface area (Å²) in [6.45, 7) is 15.6. The first kappa shape index (κ1) is 27.8. The predicted octanol–water partition coefficient (Wildman–Crippen LogP) is 3.19. The molecule has 0 aromatic heterocycles. The maximum absolute atomic E-state index is 13.8. The molecule has 8 heteroatoms. The average Bonchev–Trinajstić information content (AvgIpc) is 3.49. The van der Waals surface area contributed by atoms with E-state index in [2.05, 4.69) is 31.0 Å². The standard InChI is InChI=1S/C25H45BN3O4/c1-8-24(5,9-2)21(30)16-27-22(31)20-15-18(33-26-7)17-28(20)23(32)19-13-12-14-29(19)25(6,10-3)11-4/h18-20H,8-17H2,1-7H3,(H,27,31)/t18?,19?,20-/m0/s1. The van der Waals surface area contributed by atoms with Crippen molar-refractivity contribution in [1.29, 1.82) is 0 Å². The lowest BCUT2D eigenvalue weighted by molar-refractivity contribution is -0.144. The van der Waals surface area contributed by atoms with Gasteiger partial charge in [0.15, 0.2) is 5.78 Å². The molecule has 2 rings (SSSR count). The van der Waals surface area contributed by atoms with E-state index in [1.165, 1.54) is 0 Å². The molecule has 2 saturated heterocycles. The Morgan fingerprint density at radius 1 is 1.03 bits per heavy atom. The molecule has 2 heterocycles. The fourth-order valence-electron chi connectivity index (χ4n) is 5.24. The largest absolute Gasteiger partial charge is 0.436 e. The molecule has 0 bridgehead atoms. The number of carbonyl (C=O) groups excluding carboxylic acids is 3. The Labute approximate surface area is 201 Å². The van der Waals surface area contributed by atoms with Crippen LogP contribution < -0.4 is 5.32 Å². The third-order valence-electron chi connectivity index (χ3n) is 8.59. The van der Waals surface area contributed by atoms with E-state index in [-0.39, 0.29) is 41.8 Å². The number of hydrogen-bond donors (Lipinski definition) is 1. The maximum Gasteiger partial charge on any atom is 0.289 e. The lowest BCUT2D eigenvalue weighted by Gasteiger charge is -2.42. The first-order valence-corrected chi connectivity index (χ1v) is 12.9. The summed E-state index contributed by atoms with van der Waals surface area (Å²) in [5.41, 5.74) is -0.463. The fraction of sp³-hybridized carbons (Fsp3) is 0.880. The molecule has 0 aromatic carbocycles. The summed E-state index contributed by atoms with van der Waals surface area (Å²) >= 11 is 0. The molecular formula is C25H45BN3O4. The summed E-state index contributed by atoms with van der Waals surface area (Å²) in [4.78, 5) is 43.7. The number of hydrogen-bond acceptors (Lipinski definition) is 5. The van der Waals surface area contributed by atoms with Gasteiger partial charge in [0, 0.05) is 23.9 Å². The quantitative estimate of drug-likeness (QED) is 0.451. The van der Waals surface area contributed by atoms with Gasteiger partial charge in [0.1, 0.15) is 6.04 Å². The molecule has 2 unspecified atom stereocenters. The molecule has 0 saturated carbocycles. The number of nitrogens with one attached hydrogen (secondary N) is 1. The fourth-order valence-corrected chi connectivity index (χ4v) is 5.24. The molecule has 1 N–H and O–H groups in total. The van der Waals surface area contributed by atoms with E-state index in [1.807, 2.05) is 20.8 Å². The van der Waals surface area contributed by atoms with Crippen molar-refractivity contribution in [2.45, 2.75) is 117 Å². The van der Waals surface area contributed by atoms with Crippen LogP contribution in [0.2, 0.25) is 6.82 Å². The van der Waals surface area contributed by atoms with Gasteiger partial charge in [0.2, 0.25) is 11.8 Å². The van der Waals surface area contributed by atoms with Crippen LogP contribution in [0.1, 0.15) is 86.5 Å². The Hall–Kier alpha value is -1.41. The summed E-state index contributed by atoms with van der Waals surface area (Å²) in [6, 6.07) is -0.818. The number of ketones is 1. The van der Waals surface area contributed by atoms with Crippen LogP contribution in [0.15, 0.2) is 0 Å². The van der Waals surface area contributed by atoms with Gasteiger partial charge in [0.05, 0.1) is 18.7 Å². The lowest BCUT2D eigenvalue weighted by Crippen LogP contribution is -2.57. The van der Waals surface area contributed by atoms with Crippen molar-refractivity contribution in [3.63, 3.8) is 0 Å². The molecule has 7 nitrogen and oxygen atoms in total. The van der Waals surface area contributed by atoms with E-state index < -0.39 is 11.5 Å². The molecule has 0 aliphatic carbocycles. The second-order valence-electron chi connectivity index (χ2n) is 10.2. The number of nitrogens with zero attached hydrogens (tertiary/aromatic N) is 2. The van der Waals surface area contributed by atoms with Crippen LogP contribution in [0.25, 0.3) is 0 Å².